The Morgan fingerprint density at radius 3 is 2.89 bits per heavy atom. The molecule has 0 atom stereocenters. The van der Waals surface area contributed by atoms with Crippen LogP contribution in [0.25, 0.3) is 11.5 Å². The number of hydrogen-bond donors (Lipinski definition) is 0. The summed E-state index contributed by atoms with van der Waals surface area (Å²) in [7, 11) is 0. The van der Waals surface area contributed by atoms with Crippen LogP contribution in [-0.2, 0) is 23.3 Å². The average molecular weight is 378 g/mol. The number of fused-ring (bicyclic) bond motifs is 2. The summed E-state index contributed by atoms with van der Waals surface area (Å²) < 4.78 is 12.1. The first-order valence-corrected chi connectivity index (χ1v) is 9.64. The SMILES string of the molecule is Cc1ncc2c(n1)C1(CCN(Cc3nnc(-c4cccnc4)o3)CC1)OCC2. The fourth-order valence-electron chi connectivity index (χ4n) is 4.07. The Morgan fingerprint density at radius 1 is 1.18 bits per heavy atom. The molecule has 5 heterocycles. The first-order valence-electron chi connectivity index (χ1n) is 9.64. The molecule has 8 heteroatoms. The number of piperidine rings is 1. The average Bonchev–Trinajstić information content (AvgIpc) is 3.20. The quantitative estimate of drug-likeness (QED) is 0.686. The molecule has 1 fully saturated rings. The zero-order valence-electron chi connectivity index (χ0n) is 15.8. The summed E-state index contributed by atoms with van der Waals surface area (Å²) in [5, 5.41) is 8.35. The van der Waals surface area contributed by atoms with Gasteiger partial charge in [0.05, 0.1) is 24.4 Å². The van der Waals surface area contributed by atoms with Crippen molar-refractivity contribution in [2.45, 2.75) is 38.3 Å². The van der Waals surface area contributed by atoms with Crippen molar-refractivity contribution >= 4 is 0 Å². The van der Waals surface area contributed by atoms with Crippen LogP contribution in [0.2, 0.25) is 0 Å². The van der Waals surface area contributed by atoms with Crippen LogP contribution in [0, 0.1) is 6.92 Å². The number of ether oxygens (including phenoxy) is 1. The summed E-state index contributed by atoms with van der Waals surface area (Å²) in [4.78, 5) is 15.5. The second-order valence-corrected chi connectivity index (χ2v) is 7.40. The molecular formula is C20H22N6O2. The van der Waals surface area contributed by atoms with E-state index in [0.717, 1.165) is 56.0 Å². The number of likely N-dealkylation sites (tertiary alicyclic amines) is 1. The van der Waals surface area contributed by atoms with E-state index in [-0.39, 0.29) is 5.60 Å². The Hall–Kier alpha value is -2.71. The second kappa shape index (κ2) is 7.03. The lowest BCUT2D eigenvalue weighted by molar-refractivity contribution is -0.103. The monoisotopic (exact) mass is 378 g/mol. The lowest BCUT2D eigenvalue weighted by atomic mass is 9.83. The van der Waals surface area contributed by atoms with Crippen molar-refractivity contribution in [2.75, 3.05) is 19.7 Å². The van der Waals surface area contributed by atoms with Crippen LogP contribution in [-0.4, -0.2) is 49.7 Å². The minimum absolute atomic E-state index is 0.284. The first-order chi connectivity index (χ1) is 13.7. The summed E-state index contributed by atoms with van der Waals surface area (Å²) in [6.07, 6.45) is 8.11. The van der Waals surface area contributed by atoms with Gasteiger partial charge in [-0.25, -0.2) is 9.97 Å². The molecule has 8 nitrogen and oxygen atoms in total. The molecule has 2 aliphatic rings. The van der Waals surface area contributed by atoms with E-state index in [1.54, 1.807) is 12.4 Å². The van der Waals surface area contributed by atoms with E-state index in [1.165, 1.54) is 5.56 Å². The van der Waals surface area contributed by atoms with Crippen LogP contribution in [0.4, 0.5) is 0 Å². The Morgan fingerprint density at radius 2 is 2.07 bits per heavy atom. The Labute approximate surface area is 163 Å². The Bertz CT molecular complexity index is 966. The van der Waals surface area contributed by atoms with Crippen molar-refractivity contribution in [1.82, 2.24) is 30.0 Å². The minimum atomic E-state index is -0.284. The summed E-state index contributed by atoms with van der Waals surface area (Å²) in [6, 6.07) is 3.77. The number of aromatic nitrogens is 5. The van der Waals surface area contributed by atoms with Crippen LogP contribution in [0.5, 0.6) is 0 Å². The van der Waals surface area contributed by atoms with E-state index in [2.05, 4.69) is 25.1 Å². The number of aryl methyl sites for hydroxylation is 1. The highest BCUT2D eigenvalue weighted by Crippen LogP contribution is 2.40. The fraction of sp³-hybridized carbons (Fsp3) is 0.450. The molecule has 0 aliphatic carbocycles. The molecular weight excluding hydrogens is 356 g/mol. The van der Waals surface area contributed by atoms with E-state index < -0.39 is 0 Å². The van der Waals surface area contributed by atoms with Crippen LogP contribution < -0.4 is 0 Å². The number of pyridine rings is 1. The van der Waals surface area contributed by atoms with Gasteiger partial charge in [-0.2, -0.15) is 0 Å². The molecule has 0 bridgehead atoms. The summed E-state index contributed by atoms with van der Waals surface area (Å²) in [6.45, 7) is 5.10. The third-order valence-electron chi connectivity index (χ3n) is 5.56. The van der Waals surface area contributed by atoms with Gasteiger partial charge in [0.25, 0.3) is 0 Å². The second-order valence-electron chi connectivity index (χ2n) is 7.40. The number of hydrogen-bond acceptors (Lipinski definition) is 8. The molecule has 0 radical (unpaired) electrons. The van der Waals surface area contributed by atoms with E-state index in [9.17, 15) is 0 Å². The zero-order valence-corrected chi connectivity index (χ0v) is 15.8. The molecule has 1 saturated heterocycles. The summed E-state index contributed by atoms with van der Waals surface area (Å²) in [5.41, 5.74) is 2.86. The predicted octanol–water partition coefficient (Wildman–Crippen LogP) is 2.29. The molecule has 0 amide bonds. The molecule has 2 aliphatic heterocycles. The van der Waals surface area contributed by atoms with Crippen molar-refractivity contribution in [3.63, 3.8) is 0 Å². The lowest BCUT2D eigenvalue weighted by Gasteiger charge is -2.43. The Kier molecular flexibility index (Phi) is 4.37. The maximum Gasteiger partial charge on any atom is 0.249 e. The number of rotatable bonds is 3. The van der Waals surface area contributed by atoms with E-state index >= 15 is 0 Å². The first kappa shape index (κ1) is 17.4. The third-order valence-corrected chi connectivity index (χ3v) is 5.56. The molecule has 144 valence electrons. The maximum atomic E-state index is 6.27. The molecule has 3 aromatic rings. The molecule has 0 N–H and O–H groups in total. The van der Waals surface area contributed by atoms with Gasteiger partial charge in [-0.1, -0.05) is 0 Å². The van der Waals surface area contributed by atoms with Crippen molar-refractivity contribution in [3.8, 4) is 11.5 Å². The van der Waals surface area contributed by atoms with Gasteiger partial charge in [-0.3, -0.25) is 9.88 Å². The standard InChI is InChI=1S/C20H22N6O2/c1-14-22-12-15-4-10-27-20(18(15)23-14)5-8-26(9-6-20)13-17-24-25-19(28-17)16-3-2-7-21-11-16/h2-3,7,11-12H,4-6,8-10,13H2,1H3. The van der Waals surface area contributed by atoms with E-state index in [1.807, 2.05) is 25.3 Å². The molecule has 28 heavy (non-hydrogen) atoms. The molecule has 0 saturated carbocycles. The van der Waals surface area contributed by atoms with Crippen LogP contribution in [0.1, 0.15) is 35.8 Å². The minimum Gasteiger partial charge on any atom is -0.419 e. The summed E-state index contributed by atoms with van der Waals surface area (Å²) >= 11 is 0. The van der Waals surface area contributed by atoms with Crippen molar-refractivity contribution in [2.24, 2.45) is 0 Å². The van der Waals surface area contributed by atoms with Crippen LogP contribution in [0.3, 0.4) is 0 Å². The van der Waals surface area contributed by atoms with Gasteiger partial charge in [0.1, 0.15) is 11.4 Å². The van der Waals surface area contributed by atoms with Crippen LogP contribution in [0.15, 0.2) is 35.1 Å². The predicted molar refractivity (Wildman–Crippen MR) is 100 cm³/mol. The van der Waals surface area contributed by atoms with Gasteiger partial charge in [0.15, 0.2) is 0 Å². The van der Waals surface area contributed by atoms with Crippen molar-refractivity contribution in [3.05, 3.63) is 53.7 Å². The summed E-state index contributed by atoms with van der Waals surface area (Å²) in [5.74, 6) is 1.94. The topological polar surface area (TPSA) is 90.1 Å². The lowest BCUT2D eigenvalue weighted by Crippen LogP contribution is -2.47. The normalized spacial score (nSPS) is 18.9. The van der Waals surface area contributed by atoms with Gasteiger partial charge in [-0.05, 0) is 43.9 Å². The zero-order chi connectivity index (χ0) is 19.0. The van der Waals surface area contributed by atoms with E-state index in [0.29, 0.717) is 18.3 Å². The van der Waals surface area contributed by atoms with Gasteiger partial charge in [-0.15, -0.1) is 10.2 Å². The Balaban J connectivity index is 1.28. The highest BCUT2D eigenvalue weighted by molar-refractivity contribution is 5.49. The van der Waals surface area contributed by atoms with Gasteiger partial charge in [0.2, 0.25) is 11.8 Å². The van der Waals surface area contributed by atoms with Gasteiger partial charge >= 0.3 is 0 Å². The highest BCUT2D eigenvalue weighted by Gasteiger charge is 2.42. The fourth-order valence-corrected chi connectivity index (χ4v) is 4.07. The van der Waals surface area contributed by atoms with Crippen LogP contribution >= 0.6 is 0 Å². The molecule has 5 rings (SSSR count). The van der Waals surface area contributed by atoms with Crippen molar-refractivity contribution < 1.29 is 9.15 Å². The molecule has 1 spiro atoms. The van der Waals surface area contributed by atoms with Crippen molar-refractivity contribution in [1.29, 1.82) is 0 Å². The third kappa shape index (κ3) is 3.18. The van der Waals surface area contributed by atoms with Gasteiger partial charge in [0, 0.05) is 31.7 Å². The van der Waals surface area contributed by atoms with E-state index in [4.69, 9.17) is 14.1 Å². The smallest absolute Gasteiger partial charge is 0.249 e. The largest absolute Gasteiger partial charge is 0.419 e. The maximum absolute atomic E-state index is 6.27. The van der Waals surface area contributed by atoms with Gasteiger partial charge < -0.3 is 9.15 Å². The molecule has 3 aromatic heterocycles. The molecule has 0 unspecified atom stereocenters. The highest BCUT2D eigenvalue weighted by atomic mass is 16.5. The number of nitrogens with zero attached hydrogens (tertiary/aromatic N) is 6. The molecule has 0 aromatic carbocycles.